The zero-order valence-corrected chi connectivity index (χ0v) is 16.0. The Morgan fingerprint density at radius 2 is 2.00 bits per heavy atom. The zero-order chi connectivity index (χ0) is 18.2. The molecule has 1 fully saturated rings. The van der Waals surface area contributed by atoms with E-state index >= 15 is 0 Å². The first-order chi connectivity index (χ1) is 12.0. The molecule has 1 heterocycles. The van der Waals surface area contributed by atoms with Gasteiger partial charge >= 0.3 is 5.97 Å². The number of hydrogen-bond acceptors (Lipinski definition) is 5. The highest BCUT2D eigenvalue weighted by molar-refractivity contribution is 5.70. The lowest BCUT2D eigenvalue weighted by Gasteiger charge is -2.40. The number of nitrogens with one attached hydrogen (secondary N) is 1. The number of nitrogens with zero attached hydrogens (tertiary/aromatic N) is 1. The van der Waals surface area contributed by atoms with Gasteiger partial charge in [-0.1, -0.05) is 26.0 Å². The molecule has 0 spiro atoms. The summed E-state index contributed by atoms with van der Waals surface area (Å²) in [5.74, 6) is 0.771. The van der Waals surface area contributed by atoms with Crippen molar-refractivity contribution < 1.29 is 14.3 Å². The lowest BCUT2D eigenvalue weighted by molar-refractivity contribution is -0.145. The standard InChI is InChI=1S/C20H32N2O3/c1-5-25-20(23)12-18-9-8-17(21-15(2)3)14-22(18)13-16-6-10-19(24-4)11-7-16/h6-7,10-11,15,17-18,21H,5,8-9,12-14H2,1-4H3/t17-,18+/m1/s1. The van der Waals surface area contributed by atoms with Crippen molar-refractivity contribution in [2.75, 3.05) is 20.3 Å². The topological polar surface area (TPSA) is 50.8 Å². The van der Waals surface area contributed by atoms with Gasteiger partial charge in [0.05, 0.1) is 20.1 Å². The summed E-state index contributed by atoms with van der Waals surface area (Å²) in [6, 6.07) is 9.35. The summed E-state index contributed by atoms with van der Waals surface area (Å²) >= 11 is 0. The molecule has 5 heteroatoms. The van der Waals surface area contributed by atoms with Crippen LogP contribution in [0.3, 0.4) is 0 Å². The molecular formula is C20H32N2O3. The number of piperidine rings is 1. The van der Waals surface area contributed by atoms with Crippen molar-refractivity contribution in [1.82, 2.24) is 10.2 Å². The average Bonchev–Trinajstić information content (AvgIpc) is 2.57. The molecule has 0 unspecified atom stereocenters. The van der Waals surface area contributed by atoms with Crippen LogP contribution in [-0.4, -0.2) is 49.3 Å². The van der Waals surface area contributed by atoms with Gasteiger partial charge < -0.3 is 14.8 Å². The highest BCUT2D eigenvalue weighted by atomic mass is 16.5. The first-order valence-corrected chi connectivity index (χ1v) is 9.30. The molecule has 2 atom stereocenters. The van der Waals surface area contributed by atoms with Crippen LogP contribution in [0.1, 0.15) is 45.6 Å². The minimum Gasteiger partial charge on any atom is -0.497 e. The summed E-state index contributed by atoms with van der Waals surface area (Å²) in [6.45, 7) is 8.45. The number of rotatable bonds is 8. The van der Waals surface area contributed by atoms with Crippen molar-refractivity contribution >= 4 is 5.97 Å². The Hall–Kier alpha value is -1.59. The van der Waals surface area contributed by atoms with Crippen LogP contribution in [0, 0.1) is 0 Å². The van der Waals surface area contributed by atoms with Gasteiger partial charge in [0.25, 0.3) is 0 Å². The average molecular weight is 348 g/mol. The molecule has 0 radical (unpaired) electrons. The third-order valence-corrected chi connectivity index (χ3v) is 4.64. The summed E-state index contributed by atoms with van der Waals surface area (Å²) in [7, 11) is 1.68. The van der Waals surface area contributed by atoms with Crippen LogP contribution < -0.4 is 10.1 Å². The van der Waals surface area contributed by atoms with E-state index in [9.17, 15) is 4.79 Å². The van der Waals surface area contributed by atoms with Gasteiger partial charge in [-0.3, -0.25) is 9.69 Å². The fraction of sp³-hybridized carbons (Fsp3) is 0.650. The Bertz CT molecular complexity index is 530. The minimum atomic E-state index is -0.0949. The molecule has 1 aliphatic rings. The second-order valence-electron chi connectivity index (χ2n) is 7.04. The van der Waals surface area contributed by atoms with Gasteiger partial charge in [-0.15, -0.1) is 0 Å². The van der Waals surface area contributed by atoms with E-state index in [1.54, 1.807) is 7.11 Å². The second kappa shape index (κ2) is 9.78. The number of carbonyl (C=O) groups is 1. The largest absolute Gasteiger partial charge is 0.497 e. The van der Waals surface area contributed by atoms with Gasteiger partial charge in [-0.25, -0.2) is 0 Å². The Labute approximate surface area is 151 Å². The summed E-state index contributed by atoms with van der Waals surface area (Å²) < 4.78 is 10.4. The first-order valence-electron chi connectivity index (χ1n) is 9.30. The van der Waals surface area contributed by atoms with E-state index in [1.165, 1.54) is 5.56 Å². The van der Waals surface area contributed by atoms with Gasteiger partial charge in [0.2, 0.25) is 0 Å². The third-order valence-electron chi connectivity index (χ3n) is 4.64. The zero-order valence-electron chi connectivity index (χ0n) is 16.0. The number of methoxy groups -OCH3 is 1. The molecule has 0 saturated carbocycles. The second-order valence-corrected chi connectivity index (χ2v) is 7.04. The molecule has 1 aromatic rings. The van der Waals surface area contributed by atoms with E-state index in [0.717, 1.165) is 31.7 Å². The highest BCUT2D eigenvalue weighted by Gasteiger charge is 2.30. The van der Waals surface area contributed by atoms with Gasteiger partial charge in [-0.05, 0) is 37.5 Å². The molecular weight excluding hydrogens is 316 g/mol. The number of benzene rings is 1. The van der Waals surface area contributed by atoms with E-state index in [2.05, 4.69) is 36.2 Å². The van der Waals surface area contributed by atoms with E-state index in [4.69, 9.17) is 9.47 Å². The number of ether oxygens (including phenoxy) is 2. The molecule has 5 nitrogen and oxygen atoms in total. The number of likely N-dealkylation sites (tertiary alicyclic amines) is 1. The monoisotopic (exact) mass is 348 g/mol. The Balaban J connectivity index is 2.04. The quantitative estimate of drug-likeness (QED) is 0.732. The maximum atomic E-state index is 12.0. The predicted molar refractivity (Wildman–Crippen MR) is 99.7 cm³/mol. The lowest BCUT2D eigenvalue weighted by atomic mass is 9.94. The lowest BCUT2D eigenvalue weighted by Crippen LogP contribution is -2.52. The molecule has 0 aromatic heterocycles. The van der Waals surface area contributed by atoms with Crippen molar-refractivity contribution in [3.8, 4) is 5.75 Å². The summed E-state index contributed by atoms with van der Waals surface area (Å²) in [5.41, 5.74) is 1.24. The molecule has 1 aromatic carbocycles. The van der Waals surface area contributed by atoms with Crippen molar-refractivity contribution in [1.29, 1.82) is 0 Å². The number of hydrogen-bond donors (Lipinski definition) is 1. The van der Waals surface area contributed by atoms with Crippen LogP contribution in [0.15, 0.2) is 24.3 Å². The molecule has 2 rings (SSSR count). The fourth-order valence-corrected chi connectivity index (χ4v) is 3.51. The normalized spacial score (nSPS) is 21.3. The Morgan fingerprint density at radius 3 is 2.60 bits per heavy atom. The minimum absolute atomic E-state index is 0.0949. The molecule has 1 aliphatic heterocycles. The first kappa shape index (κ1) is 19.7. The van der Waals surface area contributed by atoms with Crippen LogP contribution in [0.4, 0.5) is 0 Å². The molecule has 1 saturated heterocycles. The molecule has 0 aliphatic carbocycles. The SMILES string of the molecule is CCOC(=O)C[C@@H]1CC[C@@H](NC(C)C)CN1Cc1ccc(OC)cc1. The maximum Gasteiger partial charge on any atom is 0.307 e. The van der Waals surface area contributed by atoms with Crippen LogP contribution in [0.25, 0.3) is 0 Å². The molecule has 140 valence electrons. The van der Waals surface area contributed by atoms with E-state index in [0.29, 0.717) is 25.1 Å². The van der Waals surface area contributed by atoms with Crippen LogP contribution >= 0.6 is 0 Å². The van der Waals surface area contributed by atoms with Crippen molar-refractivity contribution in [3.05, 3.63) is 29.8 Å². The maximum absolute atomic E-state index is 12.0. The molecule has 1 N–H and O–H groups in total. The van der Waals surface area contributed by atoms with Crippen molar-refractivity contribution in [3.63, 3.8) is 0 Å². The number of carbonyl (C=O) groups excluding carboxylic acids is 1. The smallest absolute Gasteiger partial charge is 0.307 e. The van der Waals surface area contributed by atoms with Gasteiger partial charge in [0.1, 0.15) is 5.75 Å². The number of esters is 1. The molecule has 25 heavy (non-hydrogen) atoms. The van der Waals surface area contributed by atoms with Crippen LogP contribution in [-0.2, 0) is 16.1 Å². The van der Waals surface area contributed by atoms with Gasteiger partial charge in [-0.2, -0.15) is 0 Å². The van der Waals surface area contributed by atoms with E-state index in [1.807, 2.05) is 19.1 Å². The Morgan fingerprint density at radius 1 is 1.28 bits per heavy atom. The van der Waals surface area contributed by atoms with Crippen molar-refractivity contribution in [2.45, 2.75) is 64.7 Å². The molecule has 0 amide bonds. The van der Waals surface area contributed by atoms with Crippen molar-refractivity contribution in [2.24, 2.45) is 0 Å². The fourth-order valence-electron chi connectivity index (χ4n) is 3.51. The summed E-state index contributed by atoms with van der Waals surface area (Å²) in [5, 5.41) is 3.64. The highest BCUT2D eigenvalue weighted by Crippen LogP contribution is 2.24. The third kappa shape index (κ3) is 6.33. The van der Waals surface area contributed by atoms with E-state index < -0.39 is 0 Å². The van der Waals surface area contributed by atoms with Gasteiger partial charge in [0.15, 0.2) is 0 Å². The molecule has 0 bridgehead atoms. The summed E-state index contributed by atoms with van der Waals surface area (Å²) in [4.78, 5) is 14.4. The summed E-state index contributed by atoms with van der Waals surface area (Å²) in [6.07, 6.45) is 2.58. The predicted octanol–water partition coefficient (Wildman–Crippen LogP) is 2.98. The van der Waals surface area contributed by atoms with Crippen LogP contribution in [0.2, 0.25) is 0 Å². The Kier molecular flexibility index (Phi) is 7.72. The van der Waals surface area contributed by atoms with E-state index in [-0.39, 0.29) is 12.0 Å². The van der Waals surface area contributed by atoms with Gasteiger partial charge in [0, 0.05) is 31.2 Å². The van der Waals surface area contributed by atoms with Crippen LogP contribution in [0.5, 0.6) is 5.75 Å².